The highest BCUT2D eigenvalue weighted by Crippen LogP contribution is 2.23. The third-order valence-electron chi connectivity index (χ3n) is 4.86. The molecule has 2 aromatic rings. The summed E-state index contributed by atoms with van der Waals surface area (Å²) < 4.78 is 0. The number of nitrogens with one attached hydrogen (secondary N) is 2. The lowest BCUT2D eigenvalue weighted by atomic mass is 9.95. The van der Waals surface area contributed by atoms with E-state index in [1.807, 2.05) is 12.1 Å². The van der Waals surface area contributed by atoms with Crippen molar-refractivity contribution in [1.29, 1.82) is 0 Å². The largest absolute Gasteiger partial charge is 0.349 e. The molecule has 28 heavy (non-hydrogen) atoms. The summed E-state index contributed by atoms with van der Waals surface area (Å²) in [5, 5.41) is 6.24. The van der Waals surface area contributed by atoms with Crippen LogP contribution in [0.25, 0.3) is 0 Å². The molecule has 7 heteroatoms. The van der Waals surface area contributed by atoms with Gasteiger partial charge in [-0.25, -0.2) is 0 Å². The number of anilines is 1. The standard InChI is InChI=1S/C21H24ClN3O2.ClH/c22-19-11-10-17(25-20(26)15-8-6-14(13-23)7-9-15)12-18(19)21(27)24-16-4-2-1-3-5-16;/h6-12,16H,1-5,13,23H2,(H,24,27)(H,25,26);1H. The minimum Gasteiger partial charge on any atom is -0.349 e. The fourth-order valence-corrected chi connectivity index (χ4v) is 3.49. The molecular formula is C21H25Cl2N3O2. The number of nitrogens with two attached hydrogens (primary N) is 1. The molecule has 0 atom stereocenters. The van der Waals surface area contributed by atoms with Crippen molar-refractivity contribution in [2.75, 3.05) is 5.32 Å². The van der Waals surface area contributed by atoms with Crippen LogP contribution in [0, 0.1) is 0 Å². The minimum atomic E-state index is -0.250. The van der Waals surface area contributed by atoms with E-state index in [2.05, 4.69) is 10.6 Å². The Kier molecular flexibility index (Phi) is 8.30. The number of amides is 2. The fourth-order valence-electron chi connectivity index (χ4n) is 3.28. The highest BCUT2D eigenvalue weighted by Gasteiger charge is 2.19. The van der Waals surface area contributed by atoms with Gasteiger partial charge in [-0.1, -0.05) is 43.0 Å². The summed E-state index contributed by atoms with van der Waals surface area (Å²) in [6.45, 7) is 0.429. The molecule has 0 saturated heterocycles. The van der Waals surface area contributed by atoms with Crippen LogP contribution < -0.4 is 16.4 Å². The van der Waals surface area contributed by atoms with Crippen molar-refractivity contribution in [3.8, 4) is 0 Å². The van der Waals surface area contributed by atoms with Gasteiger partial charge in [-0.05, 0) is 48.7 Å². The predicted octanol–water partition coefficient (Wildman–Crippen LogP) is 4.54. The van der Waals surface area contributed by atoms with Crippen molar-refractivity contribution in [2.24, 2.45) is 5.73 Å². The van der Waals surface area contributed by atoms with Crippen molar-refractivity contribution in [3.63, 3.8) is 0 Å². The number of rotatable bonds is 5. The van der Waals surface area contributed by atoms with Gasteiger partial charge in [0, 0.05) is 23.8 Å². The summed E-state index contributed by atoms with van der Waals surface area (Å²) in [6, 6.07) is 12.2. The smallest absolute Gasteiger partial charge is 0.255 e. The molecule has 0 aromatic heterocycles. The van der Waals surface area contributed by atoms with Crippen molar-refractivity contribution in [3.05, 3.63) is 64.2 Å². The number of carbonyl (C=O) groups is 2. The predicted molar refractivity (Wildman–Crippen MR) is 115 cm³/mol. The summed E-state index contributed by atoms with van der Waals surface area (Å²) in [5.41, 5.74) is 7.96. The molecule has 150 valence electrons. The maximum atomic E-state index is 12.6. The van der Waals surface area contributed by atoms with E-state index in [0.717, 1.165) is 31.2 Å². The molecule has 1 aliphatic carbocycles. The molecule has 1 saturated carbocycles. The Bertz CT molecular complexity index is 819. The Balaban J connectivity index is 0.00000280. The molecule has 1 aliphatic rings. The van der Waals surface area contributed by atoms with Gasteiger partial charge in [-0.2, -0.15) is 0 Å². The van der Waals surface area contributed by atoms with Gasteiger partial charge >= 0.3 is 0 Å². The van der Waals surface area contributed by atoms with E-state index in [-0.39, 0.29) is 30.3 Å². The first-order chi connectivity index (χ1) is 13.1. The van der Waals surface area contributed by atoms with Gasteiger partial charge in [0.1, 0.15) is 0 Å². The Hall–Kier alpha value is -2.08. The molecule has 1 fully saturated rings. The van der Waals surface area contributed by atoms with E-state index in [9.17, 15) is 9.59 Å². The Morgan fingerprint density at radius 1 is 1.00 bits per heavy atom. The summed E-state index contributed by atoms with van der Waals surface area (Å²) in [6.07, 6.45) is 5.49. The Morgan fingerprint density at radius 3 is 2.32 bits per heavy atom. The number of halogens is 2. The van der Waals surface area contributed by atoms with Gasteiger partial charge in [0.2, 0.25) is 0 Å². The minimum absolute atomic E-state index is 0. The highest BCUT2D eigenvalue weighted by molar-refractivity contribution is 6.34. The van der Waals surface area contributed by atoms with E-state index in [1.165, 1.54) is 6.42 Å². The second-order valence-electron chi connectivity index (χ2n) is 6.86. The molecular weight excluding hydrogens is 397 g/mol. The van der Waals surface area contributed by atoms with Crippen molar-refractivity contribution in [2.45, 2.75) is 44.7 Å². The molecule has 0 aliphatic heterocycles. The first kappa shape index (κ1) is 22.2. The second kappa shape index (κ2) is 10.5. The maximum Gasteiger partial charge on any atom is 0.255 e. The van der Waals surface area contributed by atoms with Crippen LogP contribution in [0.5, 0.6) is 0 Å². The van der Waals surface area contributed by atoms with Crippen LogP contribution in [0.2, 0.25) is 5.02 Å². The van der Waals surface area contributed by atoms with Gasteiger partial charge in [0.25, 0.3) is 11.8 Å². The topological polar surface area (TPSA) is 84.2 Å². The second-order valence-corrected chi connectivity index (χ2v) is 7.27. The number of benzene rings is 2. The quantitative estimate of drug-likeness (QED) is 0.662. The van der Waals surface area contributed by atoms with E-state index in [0.29, 0.717) is 28.4 Å². The van der Waals surface area contributed by atoms with Crippen LogP contribution in [0.4, 0.5) is 5.69 Å². The van der Waals surface area contributed by atoms with E-state index < -0.39 is 0 Å². The van der Waals surface area contributed by atoms with Crippen LogP contribution in [0.15, 0.2) is 42.5 Å². The summed E-state index contributed by atoms with van der Waals surface area (Å²) >= 11 is 6.21. The molecule has 3 rings (SSSR count). The van der Waals surface area contributed by atoms with Gasteiger partial charge < -0.3 is 16.4 Å². The van der Waals surface area contributed by atoms with Gasteiger partial charge in [-0.15, -0.1) is 12.4 Å². The average molecular weight is 422 g/mol. The van der Waals surface area contributed by atoms with E-state index >= 15 is 0 Å². The van der Waals surface area contributed by atoms with Crippen molar-refractivity contribution < 1.29 is 9.59 Å². The van der Waals surface area contributed by atoms with Crippen LogP contribution in [-0.2, 0) is 6.54 Å². The molecule has 0 heterocycles. The molecule has 0 bridgehead atoms. The fraction of sp³-hybridized carbons (Fsp3) is 0.333. The van der Waals surface area contributed by atoms with Crippen LogP contribution in [0.1, 0.15) is 58.4 Å². The van der Waals surface area contributed by atoms with Crippen molar-refractivity contribution >= 4 is 41.5 Å². The van der Waals surface area contributed by atoms with Crippen molar-refractivity contribution in [1.82, 2.24) is 5.32 Å². The molecule has 5 nitrogen and oxygen atoms in total. The summed E-state index contributed by atoms with van der Waals surface area (Å²) in [5.74, 6) is -0.449. The zero-order valence-electron chi connectivity index (χ0n) is 15.5. The third kappa shape index (κ3) is 5.71. The highest BCUT2D eigenvalue weighted by atomic mass is 35.5. The number of carbonyl (C=O) groups excluding carboxylic acids is 2. The van der Waals surface area contributed by atoms with Crippen LogP contribution in [0.3, 0.4) is 0 Å². The molecule has 4 N–H and O–H groups in total. The zero-order valence-corrected chi connectivity index (χ0v) is 17.1. The normalized spacial score (nSPS) is 14.1. The maximum absolute atomic E-state index is 12.6. The Labute approximate surface area is 176 Å². The molecule has 0 unspecified atom stereocenters. The van der Waals surface area contributed by atoms with Gasteiger partial charge in [0.05, 0.1) is 10.6 Å². The van der Waals surface area contributed by atoms with Crippen LogP contribution >= 0.6 is 24.0 Å². The summed E-state index contributed by atoms with van der Waals surface area (Å²) in [7, 11) is 0. The molecule has 2 amide bonds. The SMILES string of the molecule is Cl.NCc1ccc(C(=O)Nc2ccc(Cl)c(C(=O)NC3CCCCC3)c2)cc1. The Morgan fingerprint density at radius 2 is 1.68 bits per heavy atom. The number of hydrogen-bond acceptors (Lipinski definition) is 3. The van der Waals surface area contributed by atoms with E-state index in [1.54, 1.807) is 30.3 Å². The number of hydrogen-bond donors (Lipinski definition) is 3. The lowest BCUT2D eigenvalue weighted by Gasteiger charge is -2.23. The third-order valence-corrected chi connectivity index (χ3v) is 5.19. The monoisotopic (exact) mass is 421 g/mol. The molecule has 2 aromatic carbocycles. The van der Waals surface area contributed by atoms with Gasteiger partial charge in [-0.3, -0.25) is 9.59 Å². The molecule has 0 spiro atoms. The first-order valence-corrected chi connectivity index (χ1v) is 9.65. The molecule has 0 radical (unpaired) electrons. The zero-order chi connectivity index (χ0) is 19.2. The van der Waals surface area contributed by atoms with Gasteiger partial charge in [0.15, 0.2) is 0 Å². The van der Waals surface area contributed by atoms with Crippen LogP contribution in [-0.4, -0.2) is 17.9 Å². The lowest BCUT2D eigenvalue weighted by molar-refractivity contribution is 0.0926. The van der Waals surface area contributed by atoms with E-state index in [4.69, 9.17) is 17.3 Å². The average Bonchev–Trinajstić information content (AvgIpc) is 2.70. The first-order valence-electron chi connectivity index (χ1n) is 9.27. The summed E-state index contributed by atoms with van der Waals surface area (Å²) in [4.78, 5) is 25.0. The lowest BCUT2D eigenvalue weighted by Crippen LogP contribution is -2.36.